The zero-order valence-corrected chi connectivity index (χ0v) is 10.5. The second-order valence-electron chi connectivity index (χ2n) is 4.24. The summed E-state index contributed by atoms with van der Waals surface area (Å²) in [4.78, 5) is 16.2. The first-order chi connectivity index (χ1) is 9.74. The monoisotopic (exact) mass is 270 g/mol. The first kappa shape index (κ1) is 12.3. The molecule has 0 aliphatic carbocycles. The lowest BCUT2D eigenvalue weighted by Gasteiger charge is -2.06. The molecule has 100 valence electrons. The molecule has 0 saturated carbocycles. The molecule has 0 unspecified atom stereocenters. The van der Waals surface area contributed by atoms with Gasteiger partial charge in [0.1, 0.15) is 11.5 Å². The number of carbonyl (C=O) groups is 1. The molecule has 1 aromatic carbocycles. The number of rotatable bonds is 3. The summed E-state index contributed by atoms with van der Waals surface area (Å²) in [6.07, 6.45) is 3.14. The minimum Gasteiger partial charge on any atom is -0.347 e. The summed E-state index contributed by atoms with van der Waals surface area (Å²) in [6, 6.07) is 9.30. The van der Waals surface area contributed by atoms with Gasteiger partial charge in [-0.2, -0.15) is 5.10 Å². The molecule has 3 rings (SSSR count). The molecule has 0 spiro atoms. The van der Waals surface area contributed by atoms with E-state index in [1.54, 1.807) is 36.7 Å². The largest absolute Gasteiger partial charge is 0.347 e. The van der Waals surface area contributed by atoms with Gasteiger partial charge in [0.25, 0.3) is 5.91 Å². The van der Waals surface area contributed by atoms with Crippen LogP contribution in [0.25, 0.3) is 5.65 Å². The van der Waals surface area contributed by atoms with Crippen molar-refractivity contribution in [3.63, 3.8) is 0 Å². The highest BCUT2D eigenvalue weighted by Gasteiger charge is 2.10. The Balaban J connectivity index is 1.76. The number of aromatic nitrogens is 3. The van der Waals surface area contributed by atoms with E-state index in [2.05, 4.69) is 15.4 Å². The Morgan fingerprint density at radius 1 is 1.15 bits per heavy atom. The van der Waals surface area contributed by atoms with E-state index in [0.717, 1.165) is 5.56 Å². The number of nitrogens with zero attached hydrogens (tertiary/aromatic N) is 3. The van der Waals surface area contributed by atoms with Crippen LogP contribution in [-0.2, 0) is 6.54 Å². The van der Waals surface area contributed by atoms with Gasteiger partial charge >= 0.3 is 0 Å². The molecule has 0 aliphatic heterocycles. The molecule has 0 bridgehead atoms. The Kier molecular flexibility index (Phi) is 3.12. The van der Waals surface area contributed by atoms with Crippen LogP contribution in [0.4, 0.5) is 4.39 Å². The Hall–Kier alpha value is -2.76. The van der Waals surface area contributed by atoms with Crippen LogP contribution >= 0.6 is 0 Å². The summed E-state index contributed by atoms with van der Waals surface area (Å²) in [7, 11) is 0. The molecule has 1 amide bonds. The second kappa shape index (κ2) is 5.08. The topological polar surface area (TPSA) is 59.3 Å². The average Bonchev–Trinajstić information content (AvgIpc) is 2.94. The molecule has 0 saturated heterocycles. The fourth-order valence-corrected chi connectivity index (χ4v) is 1.88. The van der Waals surface area contributed by atoms with Gasteiger partial charge in [-0.15, -0.1) is 0 Å². The highest BCUT2D eigenvalue weighted by Crippen LogP contribution is 2.05. The first-order valence-electron chi connectivity index (χ1n) is 6.05. The lowest BCUT2D eigenvalue weighted by Crippen LogP contribution is -2.25. The van der Waals surface area contributed by atoms with E-state index >= 15 is 0 Å². The number of fused-ring (bicyclic) bond motifs is 1. The van der Waals surface area contributed by atoms with E-state index in [0.29, 0.717) is 17.9 Å². The van der Waals surface area contributed by atoms with E-state index < -0.39 is 0 Å². The fourth-order valence-electron chi connectivity index (χ4n) is 1.88. The Bertz CT molecular complexity index is 751. The van der Waals surface area contributed by atoms with E-state index in [1.807, 2.05) is 0 Å². The van der Waals surface area contributed by atoms with Gasteiger partial charge in [-0.25, -0.2) is 13.9 Å². The minimum absolute atomic E-state index is 0.259. The molecular formula is C14H11FN4O. The van der Waals surface area contributed by atoms with Crippen molar-refractivity contribution in [1.29, 1.82) is 0 Å². The average molecular weight is 270 g/mol. The third-order valence-corrected chi connectivity index (χ3v) is 2.89. The first-order valence-corrected chi connectivity index (χ1v) is 6.05. The van der Waals surface area contributed by atoms with Gasteiger partial charge in [-0.05, 0) is 23.8 Å². The van der Waals surface area contributed by atoms with Crippen molar-refractivity contribution in [2.24, 2.45) is 0 Å². The molecule has 20 heavy (non-hydrogen) atoms. The van der Waals surface area contributed by atoms with Crippen LogP contribution < -0.4 is 5.32 Å². The number of amides is 1. The molecule has 0 aliphatic rings. The molecule has 0 radical (unpaired) electrons. The predicted octanol–water partition coefficient (Wildman–Crippen LogP) is 1.80. The molecule has 2 heterocycles. The van der Waals surface area contributed by atoms with Crippen molar-refractivity contribution >= 4 is 11.6 Å². The third-order valence-electron chi connectivity index (χ3n) is 2.89. The molecule has 5 nitrogen and oxygen atoms in total. The summed E-state index contributed by atoms with van der Waals surface area (Å²) in [5, 5.41) is 6.82. The maximum absolute atomic E-state index is 12.8. The number of benzene rings is 1. The van der Waals surface area contributed by atoms with E-state index in [4.69, 9.17) is 0 Å². The van der Waals surface area contributed by atoms with Gasteiger partial charge in [0.2, 0.25) is 0 Å². The van der Waals surface area contributed by atoms with E-state index in [9.17, 15) is 9.18 Å². The number of carbonyl (C=O) groups excluding carboxylic acids is 1. The molecule has 6 heteroatoms. The smallest absolute Gasteiger partial charge is 0.270 e. The molecular weight excluding hydrogens is 259 g/mol. The molecule has 0 atom stereocenters. The highest BCUT2D eigenvalue weighted by molar-refractivity contribution is 5.92. The molecule has 1 N–H and O–H groups in total. The SMILES string of the molecule is O=C(NCc1ccc(F)cc1)c1ccnc2ccnn12. The lowest BCUT2D eigenvalue weighted by molar-refractivity contribution is 0.0943. The second-order valence-corrected chi connectivity index (χ2v) is 4.24. The normalized spacial score (nSPS) is 10.7. The van der Waals surface area contributed by atoms with Crippen LogP contribution in [-0.4, -0.2) is 20.5 Å². The molecule has 3 aromatic rings. The highest BCUT2D eigenvalue weighted by atomic mass is 19.1. The van der Waals surface area contributed by atoms with Crippen LogP contribution in [0.3, 0.4) is 0 Å². The van der Waals surface area contributed by atoms with Crippen molar-refractivity contribution in [3.05, 3.63) is 65.9 Å². The fraction of sp³-hybridized carbons (Fsp3) is 0.0714. The van der Waals surface area contributed by atoms with Gasteiger partial charge in [0.15, 0.2) is 5.65 Å². The zero-order valence-electron chi connectivity index (χ0n) is 10.5. The minimum atomic E-state index is -0.299. The van der Waals surface area contributed by atoms with Gasteiger partial charge in [0, 0.05) is 18.8 Å². The van der Waals surface area contributed by atoms with Gasteiger partial charge in [-0.3, -0.25) is 4.79 Å². The van der Waals surface area contributed by atoms with Crippen LogP contribution in [0.1, 0.15) is 16.1 Å². The zero-order chi connectivity index (χ0) is 13.9. The summed E-state index contributed by atoms with van der Waals surface area (Å²) in [5.41, 5.74) is 1.84. The van der Waals surface area contributed by atoms with Crippen molar-refractivity contribution in [2.75, 3.05) is 0 Å². The van der Waals surface area contributed by atoms with Crippen LogP contribution in [0.2, 0.25) is 0 Å². The number of hydrogen-bond acceptors (Lipinski definition) is 3. The summed E-state index contributed by atoms with van der Waals surface area (Å²) in [5.74, 6) is -0.558. The number of hydrogen-bond donors (Lipinski definition) is 1. The predicted molar refractivity (Wildman–Crippen MR) is 70.6 cm³/mol. The lowest BCUT2D eigenvalue weighted by atomic mass is 10.2. The van der Waals surface area contributed by atoms with Crippen molar-refractivity contribution in [3.8, 4) is 0 Å². The van der Waals surface area contributed by atoms with Crippen LogP contribution in [0.15, 0.2) is 48.8 Å². The Morgan fingerprint density at radius 2 is 1.95 bits per heavy atom. The van der Waals surface area contributed by atoms with Gasteiger partial charge in [-0.1, -0.05) is 12.1 Å². The third kappa shape index (κ3) is 2.35. The van der Waals surface area contributed by atoms with Gasteiger partial charge < -0.3 is 5.32 Å². The van der Waals surface area contributed by atoms with Crippen LogP contribution in [0.5, 0.6) is 0 Å². The number of halogens is 1. The van der Waals surface area contributed by atoms with E-state index in [1.165, 1.54) is 16.6 Å². The summed E-state index contributed by atoms with van der Waals surface area (Å²) < 4.78 is 14.3. The van der Waals surface area contributed by atoms with Crippen molar-refractivity contribution in [2.45, 2.75) is 6.54 Å². The number of nitrogens with one attached hydrogen (secondary N) is 1. The summed E-state index contributed by atoms with van der Waals surface area (Å²) in [6.45, 7) is 0.324. The standard InChI is InChI=1S/C14H11FN4O/c15-11-3-1-10(2-4-11)9-17-14(20)12-5-7-16-13-6-8-18-19(12)13/h1-8H,9H2,(H,17,20). The Labute approximate surface area is 114 Å². The van der Waals surface area contributed by atoms with Gasteiger partial charge in [0.05, 0.1) is 6.20 Å². The van der Waals surface area contributed by atoms with Crippen molar-refractivity contribution < 1.29 is 9.18 Å². The van der Waals surface area contributed by atoms with Crippen molar-refractivity contribution in [1.82, 2.24) is 19.9 Å². The Morgan fingerprint density at radius 3 is 2.75 bits per heavy atom. The summed E-state index contributed by atoms with van der Waals surface area (Å²) >= 11 is 0. The molecule has 0 fully saturated rings. The van der Waals surface area contributed by atoms with E-state index in [-0.39, 0.29) is 11.7 Å². The molecule has 2 aromatic heterocycles. The maximum Gasteiger partial charge on any atom is 0.270 e. The quantitative estimate of drug-likeness (QED) is 0.789. The maximum atomic E-state index is 12.8. The van der Waals surface area contributed by atoms with Crippen LogP contribution in [0, 0.1) is 5.82 Å².